The number of benzene rings is 2. The van der Waals surface area contributed by atoms with Crippen LogP contribution in [-0.2, 0) is 11.3 Å². The van der Waals surface area contributed by atoms with Gasteiger partial charge in [-0.05, 0) is 60.9 Å². The van der Waals surface area contributed by atoms with E-state index in [0.29, 0.717) is 5.56 Å². The first kappa shape index (κ1) is 19.6. The van der Waals surface area contributed by atoms with Crippen molar-refractivity contribution in [3.05, 3.63) is 70.3 Å². The first-order chi connectivity index (χ1) is 12.4. The minimum atomic E-state index is -0.549. The predicted octanol–water partition coefficient (Wildman–Crippen LogP) is 4.16. The van der Waals surface area contributed by atoms with Gasteiger partial charge in [-0.15, -0.1) is 0 Å². The summed E-state index contributed by atoms with van der Waals surface area (Å²) in [5, 5.41) is 2.63. The van der Waals surface area contributed by atoms with Crippen LogP contribution in [0.2, 0.25) is 0 Å². The Labute approximate surface area is 151 Å². The number of amides is 1. The van der Waals surface area contributed by atoms with Crippen LogP contribution in [0.15, 0.2) is 36.4 Å². The van der Waals surface area contributed by atoms with Gasteiger partial charge in [0.1, 0.15) is 11.6 Å². The Kier molecular flexibility index (Phi) is 6.83. The SMILES string of the molecule is CCCCOC(=O)c1ccc(F)c(C)c1CNC(=O)c1ccc(F)cc1. The number of ether oxygens (including phenoxy) is 1. The lowest BCUT2D eigenvalue weighted by molar-refractivity contribution is 0.0497. The number of unbranched alkanes of at least 4 members (excludes halogenated alkanes) is 1. The maximum absolute atomic E-state index is 13.9. The van der Waals surface area contributed by atoms with Gasteiger partial charge in [0.25, 0.3) is 5.91 Å². The van der Waals surface area contributed by atoms with Gasteiger partial charge in [0, 0.05) is 12.1 Å². The molecule has 4 nitrogen and oxygen atoms in total. The maximum atomic E-state index is 13.9. The minimum absolute atomic E-state index is 0.0436. The largest absolute Gasteiger partial charge is 0.462 e. The zero-order valence-electron chi connectivity index (χ0n) is 14.8. The molecule has 0 aliphatic rings. The summed E-state index contributed by atoms with van der Waals surface area (Å²) in [5.41, 5.74) is 1.13. The minimum Gasteiger partial charge on any atom is -0.462 e. The second-order valence-electron chi connectivity index (χ2n) is 5.88. The highest BCUT2D eigenvalue weighted by atomic mass is 19.1. The standard InChI is InChI=1S/C20H21F2NO3/c1-3-4-11-26-20(25)16-9-10-18(22)13(2)17(16)12-23-19(24)14-5-7-15(21)8-6-14/h5-10H,3-4,11-12H2,1-2H3,(H,23,24). The van der Waals surface area contributed by atoms with Crippen molar-refractivity contribution >= 4 is 11.9 Å². The molecule has 6 heteroatoms. The Balaban J connectivity index is 2.16. The predicted molar refractivity (Wildman–Crippen MR) is 93.9 cm³/mol. The van der Waals surface area contributed by atoms with Gasteiger partial charge in [-0.25, -0.2) is 13.6 Å². The van der Waals surface area contributed by atoms with Gasteiger partial charge >= 0.3 is 5.97 Å². The highest BCUT2D eigenvalue weighted by Crippen LogP contribution is 2.19. The van der Waals surface area contributed by atoms with E-state index in [-0.39, 0.29) is 29.8 Å². The van der Waals surface area contributed by atoms with E-state index >= 15 is 0 Å². The van der Waals surface area contributed by atoms with Gasteiger partial charge in [-0.1, -0.05) is 13.3 Å². The van der Waals surface area contributed by atoms with Crippen LogP contribution >= 0.6 is 0 Å². The van der Waals surface area contributed by atoms with Crippen LogP contribution in [0.25, 0.3) is 0 Å². The van der Waals surface area contributed by atoms with Crippen molar-refractivity contribution in [3.63, 3.8) is 0 Å². The Hall–Kier alpha value is -2.76. The van der Waals surface area contributed by atoms with E-state index in [9.17, 15) is 18.4 Å². The highest BCUT2D eigenvalue weighted by Gasteiger charge is 2.18. The first-order valence-electron chi connectivity index (χ1n) is 8.43. The van der Waals surface area contributed by atoms with Crippen LogP contribution in [0.4, 0.5) is 8.78 Å². The van der Waals surface area contributed by atoms with Crippen molar-refractivity contribution in [2.75, 3.05) is 6.61 Å². The summed E-state index contributed by atoms with van der Waals surface area (Å²) >= 11 is 0. The van der Waals surface area contributed by atoms with Crippen molar-refractivity contribution in [1.82, 2.24) is 5.32 Å². The molecule has 0 heterocycles. The molecule has 2 rings (SSSR count). The van der Waals surface area contributed by atoms with Crippen molar-refractivity contribution in [1.29, 1.82) is 0 Å². The summed E-state index contributed by atoms with van der Waals surface area (Å²) in [6, 6.07) is 7.62. The van der Waals surface area contributed by atoms with Crippen LogP contribution < -0.4 is 5.32 Å². The molecule has 0 aliphatic heterocycles. The third-order valence-corrected chi connectivity index (χ3v) is 4.02. The van der Waals surface area contributed by atoms with Gasteiger partial charge in [-0.2, -0.15) is 0 Å². The van der Waals surface area contributed by atoms with Gasteiger partial charge in [0.15, 0.2) is 0 Å². The van der Waals surface area contributed by atoms with Crippen LogP contribution in [0, 0.1) is 18.6 Å². The zero-order valence-corrected chi connectivity index (χ0v) is 14.8. The summed E-state index contributed by atoms with van der Waals surface area (Å²) in [4.78, 5) is 24.4. The first-order valence-corrected chi connectivity index (χ1v) is 8.43. The maximum Gasteiger partial charge on any atom is 0.338 e. The molecule has 0 bridgehead atoms. The normalized spacial score (nSPS) is 10.5. The van der Waals surface area contributed by atoms with E-state index in [2.05, 4.69) is 5.32 Å². The van der Waals surface area contributed by atoms with Gasteiger partial charge in [0.05, 0.1) is 12.2 Å². The second kappa shape index (κ2) is 9.08. The zero-order chi connectivity index (χ0) is 19.1. The van der Waals surface area contributed by atoms with E-state index < -0.39 is 23.5 Å². The molecule has 2 aromatic rings. The lowest BCUT2D eigenvalue weighted by atomic mass is 10.0. The van der Waals surface area contributed by atoms with E-state index in [1.54, 1.807) is 0 Å². The third-order valence-electron chi connectivity index (χ3n) is 4.02. The third kappa shape index (κ3) is 4.88. The molecule has 26 heavy (non-hydrogen) atoms. The number of rotatable bonds is 7. The van der Waals surface area contributed by atoms with E-state index in [0.717, 1.165) is 12.8 Å². The number of hydrogen-bond acceptors (Lipinski definition) is 3. The Morgan fingerprint density at radius 3 is 2.42 bits per heavy atom. The van der Waals surface area contributed by atoms with Crippen LogP contribution in [0.3, 0.4) is 0 Å². The molecule has 0 saturated carbocycles. The van der Waals surface area contributed by atoms with E-state index in [4.69, 9.17) is 4.74 Å². The number of carbonyl (C=O) groups excluding carboxylic acids is 2. The molecule has 1 N–H and O–H groups in total. The molecule has 0 unspecified atom stereocenters. The summed E-state index contributed by atoms with van der Waals surface area (Å²) in [5.74, 6) is -1.91. The second-order valence-corrected chi connectivity index (χ2v) is 5.88. The number of nitrogens with one attached hydrogen (secondary N) is 1. The summed E-state index contributed by atoms with van der Waals surface area (Å²) < 4.78 is 32.1. The summed E-state index contributed by atoms with van der Waals surface area (Å²) in [6.07, 6.45) is 1.62. The van der Waals surface area contributed by atoms with Gasteiger partial charge in [-0.3, -0.25) is 4.79 Å². The van der Waals surface area contributed by atoms with Crippen molar-refractivity contribution in [2.45, 2.75) is 33.2 Å². The monoisotopic (exact) mass is 361 g/mol. The fraction of sp³-hybridized carbons (Fsp3) is 0.300. The van der Waals surface area contributed by atoms with Crippen molar-refractivity contribution < 1.29 is 23.1 Å². The van der Waals surface area contributed by atoms with E-state index in [1.165, 1.54) is 43.3 Å². The average molecular weight is 361 g/mol. The average Bonchev–Trinajstić information content (AvgIpc) is 2.63. The molecule has 0 fully saturated rings. The van der Waals surface area contributed by atoms with Crippen LogP contribution in [-0.4, -0.2) is 18.5 Å². The molecule has 0 saturated heterocycles. The smallest absolute Gasteiger partial charge is 0.338 e. The lowest BCUT2D eigenvalue weighted by Gasteiger charge is -2.14. The van der Waals surface area contributed by atoms with Crippen LogP contribution in [0.1, 0.15) is 51.6 Å². The molecule has 0 aromatic heterocycles. The summed E-state index contributed by atoms with van der Waals surface area (Å²) in [6.45, 7) is 3.76. The van der Waals surface area contributed by atoms with Gasteiger partial charge in [0.2, 0.25) is 0 Å². The molecule has 0 aliphatic carbocycles. The van der Waals surface area contributed by atoms with E-state index in [1.807, 2.05) is 6.92 Å². The molecule has 0 radical (unpaired) electrons. The molecule has 2 aromatic carbocycles. The highest BCUT2D eigenvalue weighted by molar-refractivity contribution is 5.95. The van der Waals surface area contributed by atoms with Crippen molar-refractivity contribution in [2.24, 2.45) is 0 Å². The Morgan fingerprint density at radius 2 is 1.77 bits per heavy atom. The molecule has 0 atom stereocenters. The Bertz CT molecular complexity index is 788. The summed E-state index contributed by atoms with van der Waals surface area (Å²) in [7, 11) is 0. The number of hydrogen-bond donors (Lipinski definition) is 1. The molecule has 138 valence electrons. The molecule has 0 spiro atoms. The molecular weight excluding hydrogens is 340 g/mol. The number of esters is 1. The number of halogens is 2. The van der Waals surface area contributed by atoms with Gasteiger partial charge < -0.3 is 10.1 Å². The number of carbonyl (C=O) groups is 2. The fourth-order valence-corrected chi connectivity index (χ4v) is 2.41. The quantitative estimate of drug-likeness (QED) is 0.595. The molecule has 1 amide bonds. The lowest BCUT2D eigenvalue weighted by Crippen LogP contribution is -2.25. The molecular formula is C20H21F2NO3. The van der Waals surface area contributed by atoms with Crippen LogP contribution in [0.5, 0.6) is 0 Å². The topological polar surface area (TPSA) is 55.4 Å². The fourth-order valence-electron chi connectivity index (χ4n) is 2.41. The Morgan fingerprint density at radius 1 is 1.08 bits per heavy atom. The van der Waals surface area contributed by atoms with Crippen molar-refractivity contribution in [3.8, 4) is 0 Å².